The number of anilines is 1. The lowest BCUT2D eigenvalue weighted by molar-refractivity contribution is -0.265. The maximum atomic E-state index is 14.8. The topological polar surface area (TPSA) is 237 Å². The van der Waals surface area contributed by atoms with Crippen LogP contribution >= 0.6 is 0 Å². The third-order valence-electron chi connectivity index (χ3n) is 19.2. The van der Waals surface area contributed by atoms with Crippen molar-refractivity contribution in [3.8, 4) is 23.5 Å². The number of piperidine rings is 1. The van der Waals surface area contributed by atoms with Crippen LogP contribution in [0.4, 0.5) is 5.95 Å². The van der Waals surface area contributed by atoms with Gasteiger partial charge in [0, 0.05) is 96.1 Å². The molecule has 5 aliphatic rings. The molecule has 488 valence electrons. The van der Waals surface area contributed by atoms with Crippen molar-refractivity contribution in [3.63, 3.8) is 0 Å². The van der Waals surface area contributed by atoms with Gasteiger partial charge in [0.05, 0.1) is 50.2 Å². The Hall–Kier alpha value is -5.79. The highest BCUT2D eigenvalue weighted by molar-refractivity contribution is 6.39. The van der Waals surface area contributed by atoms with Gasteiger partial charge in [-0.1, -0.05) is 95.2 Å². The number of hydrogen-bond acceptors (Lipinski definition) is 18. The van der Waals surface area contributed by atoms with Crippen molar-refractivity contribution in [2.75, 3.05) is 65.6 Å². The number of amides is 1. The Morgan fingerprint density at radius 3 is 2.33 bits per heavy atom. The van der Waals surface area contributed by atoms with Crippen molar-refractivity contribution < 1.29 is 67.7 Å². The van der Waals surface area contributed by atoms with Gasteiger partial charge in [-0.3, -0.25) is 24.1 Å². The molecule has 19 heteroatoms. The van der Waals surface area contributed by atoms with Crippen molar-refractivity contribution >= 4 is 35.2 Å². The minimum Gasteiger partial charge on any atom is -0.460 e. The summed E-state index contributed by atoms with van der Waals surface area (Å²) < 4.78 is 36.9. The van der Waals surface area contributed by atoms with E-state index in [2.05, 4.69) is 21.8 Å². The van der Waals surface area contributed by atoms with Crippen LogP contribution in [-0.2, 0) is 59.0 Å². The van der Waals surface area contributed by atoms with Crippen LogP contribution in [0.25, 0.3) is 11.1 Å². The molecule has 1 aromatic heterocycles. The van der Waals surface area contributed by atoms with Gasteiger partial charge >= 0.3 is 5.97 Å². The molecule has 1 aliphatic carbocycles. The number of rotatable bonds is 13. The standard InChI is InChI=1S/C70H99N5O14/c1-12-28-73-30-31-74(41-55(73)42-76)69-71-39-54(40-72-69)53-22-18-21-52(35-53)43-87-59-27-25-51(36-62(59)85-10)34-47(5)61-38-58(77)46(4)33-49(7)64(79)65(86-11)63(78)48(6)32-44(2)19-14-13-15-20-45(3)60(84-9)37-56-26-24-50(8)70(83,89-56)66(80)67(81)75-29-17-16-23-57(75)68(82)88-61/h1,13-15,18-22,33,35,39-40,44,46-48,50-51,55-57,59-62,64-65,76,79,83H,16-17,23-32,34,36-38,41-43H2,2-11H3/b15-13+,19-14+,45-20+,49-33+/t44-,46-,47-,48-,50-,51+,55?,56+,57+,59-,60+,61+,62-,64-,65+,70-/m1/s1. The Bertz CT molecular complexity index is 2870. The molecule has 2 aromatic rings. The van der Waals surface area contributed by atoms with Gasteiger partial charge in [-0.25, -0.2) is 14.8 Å². The zero-order valence-electron chi connectivity index (χ0n) is 54.2. The summed E-state index contributed by atoms with van der Waals surface area (Å²) >= 11 is 0. The molecule has 16 atom stereocenters. The van der Waals surface area contributed by atoms with Gasteiger partial charge in [0.2, 0.25) is 11.7 Å². The molecule has 0 spiro atoms. The summed E-state index contributed by atoms with van der Waals surface area (Å²) in [5.74, 6) is -4.90. The highest BCUT2D eigenvalue weighted by atomic mass is 16.6. The number of carbonyl (C=O) groups excluding carboxylic acids is 5. The van der Waals surface area contributed by atoms with Crippen LogP contribution < -0.4 is 4.90 Å². The molecule has 0 radical (unpaired) electrons. The second-order valence-corrected chi connectivity index (χ2v) is 25.8. The number of cyclic esters (lactones) is 1. The van der Waals surface area contributed by atoms with Gasteiger partial charge in [-0.15, -0.1) is 6.42 Å². The van der Waals surface area contributed by atoms with E-state index < -0.39 is 77.8 Å². The molecule has 3 N–H and O–H groups in total. The van der Waals surface area contributed by atoms with Crippen molar-refractivity contribution in [2.45, 2.75) is 193 Å². The normalized spacial score (nSPS) is 34.7. The number of terminal acetylenes is 1. The summed E-state index contributed by atoms with van der Waals surface area (Å²) in [6.45, 7) is 15.6. The lowest BCUT2D eigenvalue weighted by atomic mass is 9.78. The van der Waals surface area contributed by atoms with E-state index in [9.17, 15) is 39.3 Å². The van der Waals surface area contributed by atoms with E-state index >= 15 is 0 Å². The van der Waals surface area contributed by atoms with Crippen molar-refractivity contribution in [1.82, 2.24) is 19.8 Å². The summed E-state index contributed by atoms with van der Waals surface area (Å²) in [5, 5.41) is 33.8. The predicted octanol–water partition coefficient (Wildman–Crippen LogP) is 7.98. The van der Waals surface area contributed by atoms with Crippen LogP contribution in [0.2, 0.25) is 0 Å². The fraction of sp³-hybridized carbons (Fsp3) is 0.643. The molecule has 1 unspecified atom stereocenters. The summed E-state index contributed by atoms with van der Waals surface area (Å²) in [6.07, 6.45) is 20.8. The number of benzene rings is 1. The first-order chi connectivity index (χ1) is 42.6. The minimum absolute atomic E-state index is 0.000763. The van der Waals surface area contributed by atoms with Crippen LogP contribution in [0.5, 0.6) is 0 Å². The van der Waals surface area contributed by atoms with Crippen LogP contribution in [0.15, 0.2) is 84.3 Å². The Morgan fingerprint density at radius 2 is 1.62 bits per heavy atom. The number of aromatic nitrogens is 2. The van der Waals surface area contributed by atoms with E-state index in [0.717, 1.165) is 28.7 Å². The fourth-order valence-electron chi connectivity index (χ4n) is 13.5. The molecule has 7 rings (SSSR count). The number of allylic oxidation sites excluding steroid dienone is 6. The number of methoxy groups -OCH3 is 3. The summed E-state index contributed by atoms with van der Waals surface area (Å²) in [4.78, 5) is 86.9. The molecular weight excluding hydrogens is 1130 g/mol. The number of Topliss-reactive ketones (excluding diaryl/α,β-unsaturated/α-hetero) is 3. The van der Waals surface area contributed by atoms with Gasteiger partial charge < -0.3 is 53.5 Å². The third kappa shape index (κ3) is 18.5. The van der Waals surface area contributed by atoms with Crippen LogP contribution in [0.3, 0.4) is 0 Å². The molecule has 4 aliphatic heterocycles. The Balaban J connectivity index is 1.07. The van der Waals surface area contributed by atoms with Crippen LogP contribution in [0, 0.1) is 47.9 Å². The highest BCUT2D eigenvalue weighted by Crippen LogP contribution is 2.39. The van der Waals surface area contributed by atoms with Gasteiger partial charge in [0.1, 0.15) is 30.1 Å². The number of aliphatic hydroxyl groups is 3. The average Bonchev–Trinajstić information content (AvgIpc) is 1.24. The number of piperazine rings is 1. The summed E-state index contributed by atoms with van der Waals surface area (Å²) in [5.41, 5.74) is 4.02. The predicted molar refractivity (Wildman–Crippen MR) is 339 cm³/mol. The maximum absolute atomic E-state index is 14.8. The molecule has 1 amide bonds. The van der Waals surface area contributed by atoms with Crippen molar-refractivity contribution in [2.24, 2.45) is 35.5 Å². The SMILES string of the molecule is C#CCN1CCN(c2ncc(-c3cccc(CO[C@@H]4CC[C@@H](C[C@@H](C)[C@@H]5CC(=O)[C@H](C)/C=C(\C)[C@@H](O)[C@@H](OC)C(=O)[C@H](C)C[C@H](C)/C=C/C=C/C=C(\C)[C@@H](OC)C[C@@H]6CC[C@@H](C)[C@@](O)(O6)C(=O)C(=O)N6CCCC[C@H]6C(=O)O5)C[C@H]4OC)c3)cn2)CC1CO. The van der Waals surface area contributed by atoms with Crippen LogP contribution in [-0.4, -0.2) is 186 Å². The first kappa shape index (κ1) is 70.7. The third-order valence-corrected chi connectivity index (χ3v) is 19.2. The van der Waals surface area contributed by atoms with E-state index in [1.807, 2.05) is 88.7 Å². The molecule has 1 saturated carbocycles. The lowest BCUT2D eigenvalue weighted by Crippen LogP contribution is -2.61. The van der Waals surface area contributed by atoms with Crippen molar-refractivity contribution in [1.29, 1.82) is 0 Å². The van der Waals surface area contributed by atoms with Gasteiger partial charge in [-0.2, -0.15) is 0 Å². The Morgan fingerprint density at radius 1 is 0.854 bits per heavy atom. The number of hydrogen-bond donors (Lipinski definition) is 3. The van der Waals surface area contributed by atoms with E-state index in [-0.39, 0.29) is 73.6 Å². The fourth-order valence-corrected chi connectivity index (χ4v) is 13.5. The number of ketones is 3. The second kappa shape index (κ2) is 33.5. The summed E-state index contributed by atoms with van der Waals surface area (Å²) in [6, 6.07) is 6.81. The van der Waals surface area contributed by atoms with Gasteiger partial charge in [0.25, 0.3) is 11.7 Å². The number of ether oxygens (including phenoxy) is 6. The van der Waals surface area contributed by atoms with Gasteiger partial charge in [-0.05, 0) is 124 Å². The minimum atomic E-state index is -2.46. The molecular formula is C70H99N5O14. The first-order valence-corrected chi connectivity index (χ1v) is 32.2. The smallest absolute Gasteiger partial charge is 0.329 e. The monoisotopic (exact) mass is 1230 g/mol. The average molecular weight is 1230 g/mol. The summed E-state index contributed by atoms with van der Waals surface area (Å²) in [7, 11) is 4.64. The maximum Gasteiger partial charge on any atom is 0.329 e. The Kier molecular flexibility index (Phi) is 26.6. The second-order valence-electron chi connectivity index (χ2n) is 25.8. The molecule has 3 saturated heterocycles. The number of nitrogens with zero attached hydrogens (tertiary/aromatic N) is 5. The number of aliphatic hydroxyl groups excluding tert-OH is 2. The number of carbonyl (C=O) groups is 5. The first-order valence-electron chi connectivity index (χ1n) is 32.2. The van der Waals surface area contributed by atoms with Gasteiger partial charge in [0.15, 0.2) is 5.78 Å². The molecule has 19 nitrogen and oxygen atoms in total. The number of esters is 1. The molecule has 2 bridgehead atoms. The molecule has 5 heterocycles. The highest BCUT2D eigenvalue weighted by Gasteiger charge is 2.53. The van der Waals surface area contributed by atoms with E-state index in [0.29, 0.717) is 102 Å². The van der Waals surface area contributed by atoms with E-state index in [4.69, 9.17) is 44.8 Å². The van der Waals surface area contributed by atoms with Crippen LogP contribution in [0.1, 0.15) is 131 Å². The Labute approximate surface area is 527 Å². The molecule has 4 fully saturated rings. The zero-order valence-corrected chi connectivity index (χ0v) is 54.2. The largest absolute Gasteiger partial charge is 0.460 e. The van der Waals surface area contributed by atoms with E-state index in [1.165, 1.54) is 12.0 Å². The molecule has 1 aromatic carbocycles. The zero-order chi connectivity index (χ0) is 64.5. The van der Waals surface area contributed by atoms with Crippen molar-refractivity contribution in [3.05, 3.63) is 89.8 Å². The lowest BCUT2D eigenvalue weighted by Gasteiger charge is -2.42. The van der Waals surface area contributed by atoms with E-state index in [1.54, 1.807) is 41.1 Å². The number of fused-ring (bicyclic) bond motifs is 3. The quantitative estimate of drug-likeness (QED) is 0.0746. The molecule has 89 heavy (non-hydrogen) atoms.